The zero-order chi connectivity index (χ0) is 17.3. The fourth-order valence-electron chi connectivity index (χ4n) is 2.56. The Kier molecular flexibility index (Phi) is 15.7. The minimum atomic E-state index is -0.847. The van der Waals surface area contributed by atoms with Crippen molar-refractivity contribution in [1.82, 2.24) is 0 Å². The highest BCUT2D eigenvalue weighted by Gasteiger charge is 2.15. The van der Waals surface area contributed by atoms with Crippen LogP contribution in [0.4, 0.5) is 0 Å². The summed E-state index contributed by atoms with van der Waals surface area (Å²) in [5.41, 5.74) is 0. The summed E-state index contributed by atoms with van der Waals surface area (Å²) < 4.78 is 0. The zero-order valence-electron chi connectivity index (χ0n) is 14.6. The Morgan fingerprint density at radius 2 is 1.35 bits per heavy atom. The molecule has 0 aromatic heterocycles. The predicted molar refractivity (Wildman–Crippen MR) is 97.2 cm³/mol. The molecular formula is C18H34O4S. The summed E-state index contributed by atoms with van der Waals surface area (Å²) in [5.74, 6) is -0.746. The van der Waals surface area contributed by atoms with Gasteiger partial charge in [0.25, 0.3) is 0 Å². The number of thioether (sulfide) groups is 1. The number of rotatable bonds is 17. The molecule has 0 fully saturated rings. The fraction of sp³-hybridized carbons (Fsp3) is 0.889. The second-order valence-corrected chi connectivity index (χ2v) is 7.61. The van der Waals surface area contributed by atoms with E-state index in [0.717, 1.165) is 12.2 Å². The van der Waals surface area contributed by atoms with Gasteiger partial charge in [0.1, 0.15) is 0 Å². The molecule has 0 radical (unpaired) electrons. The van der Waals surface area contributed by atoms with Crippen LogP contribution in [-0.2, 0) is 9.59 Å². The van der Waals surface area contributed by atoms with E-state index in [1.807, 2.05) is 0 Å². The zero-order valence-corrected chi connectivity index (χ0v) is 15.4. The van der Waals surface area contributed by atoms with Crippen LogP contribution in [0.3, 0.4) is 0 Å². The van der Waals surface area contributed by atoms with E-state index in [2.05, 4.69) is 6.92 Å². The quantitative estimate of drug-likeness (QED) is 0.347. The van der Waals surface area contributed by atoms with Crippen LogP contribution in [0, 0.1) is 0 Å². The lowest BCUT2D eigenvalue weighted by molar-refractivity contribution is -0.139. The predicted octanol–water partition coefficient (Wildman–Crippen LogP) is 5.35. The van der Waals surface area contributed by atoms with Gasteiger partial charge in [0, 0.05) is 11.7 Å². The molecule has 1 unspecified atom stereocenters. The summed E-state index contributed by atoms with van der Waals surface area (Å²) in [5, 5.41) is 17.5. The van der Waals surface area contributed by atoms with Gasteiger partial charge in [-0.25, -0.2) is 0 Å². The molecule has 0 aromatic rings. The van der Waals surface area contributed by atoms with Gasteiger partial charge in [-0.05, 0) is 18.6 Å². The number of aliphatic carboxylic acids is 2. The lowest BCUT2D eigenvalue weighted by atomic mass is 10.1. The van der Waals surface area contributed by atoms with E-state index in [1.165, 1.54) is 57.8 Å². The van der Waals surface area contributed by atoms with Gasteiger partial charge in [-0.1, -0.05) is 64.7 Å². The minimum Gasteiger partial charge on any atom is -0.481 e. The smallest absolute Gasteiger partial charge is 0.304 e. The van der Waals surface area contributed by atoms with Gasteiger partial charge in [0.15, 0.2) is 0 Å². The number of unbranched alkanes of at least 4 members (excludes halogenated alkanes) is 9. The average molecular weight is 347 g/mol. The fourth-order valence-corrected chi connectivity index (χ4v) is 3.81. The summed E-state index contributed by atoms with van der Waals surface area (Å²) in [7, 11) is 0. The van der Waals surface area contributed by atoms with E-state index in [9.17, 15) is 9.59 Å². The molecule has 136 valence electrons. The summed E-state index contributed by atoms with van der Waals surface area (Å²) in [6.45, 7) is 2.24. The Morgan fingerprint density at radius 3 is 1.83 bits per heavy atom. The first-order chi connectivity index (χ1) is 11.1. The van der Waals surface area contributed by atoms with E-state index < -0.39 is 11.9 Å². The van der Waals surface area contributed by atoms with Crippen molar-refractivity contribution in [3.05, 3.63) is 0 Å². The molecule has 1 atom stereocenters. The number of carboxylic acids is 2. The first-order valence-electron chi connectivity index (χ1n) is 9.11. The molecule has 0 bridgehead atoms. The highest BCUT2D eigenvalue weighted by atomic mass is 32.2. The minimum absolute atomic E-state index is 0.0585. The van der Waals surface area contributed by atoms with Crippen LogP contribution in [0.1, 0.15) is 90.4 Å². The Morgan fingerprint density at radius 1 is 0.826 bits per heavy atom. The standard InChI is InChI=1S/C18H34O4S/c1-2-3-4-5-6-7-8-9-10-11-14-23-16(15-18(21)22)12-13-17(19)20/h16H,2-15H2,1H3,(H,19,20)(H,21,22). The van der Waals surface area contributed by atoms with Crippen LogP contribution in [0.15, 0.2) is 0 Å². The first-order valence-corrected chi connectivity index (χ1v) is 10.2. The van der Waals surface area contributed by atoms with Crippen LogP contribution in [0.2, 0.25) is 0 Å². The third kappa shape index (κ3) is 17.5. The monoisotopic (exact) mass is 346 g/mol. The van der Waals surface area contributed by atoms with Crippen LogP contribution >= 0.6 is 11.8 Å². The molecule has 23 heavy (non-hydrogen) atoms. The van der Waals surface area contributed by atoms with Crippen LogP contribution < -0.4 is 0 Å². The topological polar surface area (TPSA) is 74.6 Å². The lowest BCUT2D eigenvalue weighted by Gasteiger charge is -2.13. The molecule has 5 heteroatoms. The molecule has 0 spiro atoms. The maximum Gasteiger partial charge on any atom is 0.304 e. The molecule has 0 aliphatic heterocycles. The first kappa shape index (κ1) is 22.3. The third-order valence-electron chi connectivity index (χ3n) is 3.93. The number of carbonyl (C=O) groups is 2. The maximum atomic E-state index is 10.8. The van der Waals surface area contributed by atoms with Crippen molar-refractivity contribution in [2.45, 2.75) is 95.6 Å². The molecule has 4 nitrogen and oxygen atoms in total. The normalized spacial score (nSPS) is 12.2. The molecule has 0 heterocycles. The van der Waals surface area contributed by atoms with Crippen LogP contribution in [0.25, 0.3) is 0 Å². The highest BCUT2D eigenvalue weighted by Crippen LogP contribution is 2.22. The Balaban J connectivity index is 3.50. The van der Waals surface area contributed by atoms with E-state index in [4.69, 9.17) is 10.2 Å². The Labute approximate surface area is 145 Å². The molecule has 0 saturated carbocycles. The molecule has 0 aliphatic carbocycles. The van der Waals surface area contributed by atoms with Gasteiger partial charge in [0.2, 0.25) is 0 Å². The number of carboxylic acid groups (broad SMARTS) is 2. The molecular weight excluding hydrogens is 312 g/mol. The van der Waals surface area contributed by atoms with E-state index in [0.29, 0.717) is 6.42 Å². The summed E-state index contributed by atoms with van der Waals surface area (Å²) in [6, 6.07) is 0. The second kappa shape index (κ2) is 16.2. The van der Waals surface area contributed by atoms with Crippen molar-refractivity contribution in [2.75, 3.05) is 5.75 Å². The summed E-state index contributed by atoms with van der Waals surface area (Å²) >= 11 is 1.63. The average Bonchev–Trinajstić information content (AvgIpc) is 2.49. The van der Waals surface area contributed by atoms with Gasteiger partial charge >= 0.3 is 11.9 Å². The van der Waals surface area contributed by atoms with E-state index in [1.54, 1.807) is 11.8 Å². The summed E-state index contributed by atoms with van der Waals surface area (Å²) in [4.78, 5) is 21.4. The van der Waals surface area contributed by atoms with Crippen molar-refractivity contribution in [3.63, 3.8) is 0 Å². The van der Waals surface area contributed by atoms with Crippen molar-refractivity contribution in [3.8, 4) is 0 Å². The number of hydrogen-bond donors (Lipinski definition) is 2. The van der Waals surface area contributed by atoms with Gasteiger partial charge in [0.05, 0.1) is 6.42 Å². The van der Waals surface area contributed by atoms with Gasteiger partial charge in [-0.2, -0.15) is 11.8 Å². The third-order valence-corrected chi connectivity index (χ3v) is 5.33. The maximum absolute atomic E-state index is 10.8. The largest absolute Gasteiger partial charge is 0.481 e. The summed E-state index contributed by atoms with van der Waals surface area (Å²) in [6.07, 6.45) is 13.5. The molecule has 0 aliphatic rings. The highest BCUT2D eigenvalue weighted by molar-refractivity contribution is 7.99. The SMILES string of the molecule is CCCCCCCCCCCCSC(CCC(=O)O)CC(=O)O. The van der Waals surface area contributed by atoms with Gasteiger partial charge in [-0.15, -0.1) is 0 Å². The molecule has 0 rings (SSSR count). The van der Waals surface area contributed by atoms with Crippen LogP contribution in [-0.4, -0.2) is 33.2 Å². The Hall–Kier alpha value is -0.710. The molecule has 0 amide bonds. The van der Waals surface area contributed by atoms with Crippen LogP contribution in [0.5, 0.6) is 0 Å². The van der Waals surface area contributed by atoms with Crippen molar-refractivity contribution < 1.29 is 19.8 Å². The van der Waals surface area contributed by atoms with Crippen molar-refractivity contribution in [2.24, 2.45) is 0 Å². The molecule has 2 N–H and O–H groups in total. The van der Waals surface area contributed by atoms with Crippen molar-refractivity contribution >= 4 is 23.7 Å². The van der Waals surface area contributed by atoms with Gasteiger partial charge in [-0.3, -0.25) is 9.59 Å². The van der Waals surface area contributed by atoms with Gasteiger partial charge < -0.3 is 10.2 Å². The molecule has 0 aromatic carbocycles. The van der Waals surface area contributed by atoms with E-state index in [-0.39, 0.29) is 18.1 Å². The number of hydrogen-bond acceptors (Lipinski definition) is 3. The Bertz CT molecular complexity index is 307. The second-order valence-electron chi connectivity index (χ2n) is 6.21. The lowest BCUT2D eigenvalue weighted by Crippen LogP contribution is -2.12. The van der Waals surface area contributed by atoms with E-state index >= 15 is 0 Å². The van der Waals surface area contributed by atoms with Crippen molar-refractivity contribution in [1.29, 1.82) is 0 Å². The molecule has 0 saturated heterocycles.